The van der Waals surface area contributed by atoms with Crippen LogP contribution in [0.25, 0.3) is 33.9 Å². The van der Waals surface area contributed by atoms with Crippen LogP contribution in [0, 0.1) is 0 Å². The molecule has 0 spiro atoms. The molecular formula is C35H26N6O2. The van der Waals surface area contributed by atoms with Gasteiger partial charge in [-0.05, 0) is 47.5 Å². The van der Waals surface area contributed by atoms with Crippen LogP contribution in [0.5, 0.6) is 0 Å². The van der Waals surface area contributed by atoms with Gasteiger partial charge in [-0.25, -0.2) is 9.97 Å². The lowest BCUT2D eigenvalue weighted by Crippen LogP contribution is -2.32. The molecule has 7 rings (SSSR count). The average molecular weight is 563 g/mol. The molecule has 3 aromatic carbocycles. The fourth-order valence-corrected chi connectivity index (χ4v) is 5.39. The third-order valence-corrected chi connectivity index (χ3v) is 7.48. The summed E-state index contributed by atoms with van der Waals surface area (Å²) >= 11 is 0. The molecule has 0 aliphatic carbocycles. The second-order valence-electron chi connectivity index (χ2n) is 10.1. The second-order valence-corrected chi connectivity index (χ2v) is 10.1. The van der Waals surface area contributed by atoms with Gasteiger partial charge >= 0.3 is 0 Å². The number of para-hydroxylation sites is 1. The number of nitrogens with zero attached hydrogens (tertiary/aromatic N) is 4. The number of nitrogens with one attached hydrogen (secondary N) is 2. The monoisotopic (exact) mass is 562 g/mol. The number of carbonyl (C=O) groups is 2. The zero-order valence-electron chi connectivity index (χ0n) is 23.1. The molecule has 8 nitrogen and oxygen atoms in total. The highest BCUT2D eigenvalue weighted by Crippen LogP contribution is 2.37. The molecule has 3 aromatic heterocycles. The smallest absolute Gasteiger partial charge is 0.259 e. The first-order valence-corrected chi connectivity index (χ1v) is 14.0. The number of amides is 2. The summed E-state index contributed by atoms with van der Waals surface area (Å²) in [7, 11) is 0. The van der Waals surface area contributed by atoms with E-state index in [4.69, 9.17) is 4.98 Å². The van der Waals surface area contributed by atoms with Crippen LogP contribution in [-0.4, -0.2) is 38.3 Å². The fraction of sp³-hybridized carbons (Fsp3) is 0.0571. The van der Waals surface area contributed by atoms with Gasteiger partial charge in [0.1, 0.15) is 11.5 Å². The fourth-order valence-electron chi connectivity index (χ4n) is 5.39. The average Bonchev–Trinajstić information content (AvgIpc) is 3.44. The second kappa shape index (κ2) is 11.2. The molecule has 8 heteroatoms. The third-order valence-electron chi connectivity index (χ3n) is 7.48. The molecule has 6 aromatic rings. The first-order valence-electron chi connectivity index (χ1n) is 14.0. The molecule has 2 amide bonds. The van der Waals surface area contributed by atoms with Gasteiger partial charge in [-0.15, -0.1) is 0 Å². The summed E-state index contributed by atoms with van der Waals surface area (Å²) < 4.78 is 0. The Balaban J connectivity index is 1.12. The van der Waals surface area contributed by atoms with Crippen LogP contribution in [0.3, 0.4) is 0 Å². The van der Waals surface area contributed by atoms with Crippen molar-refractivity contribution in [2.45, 2.75) is 6.42 Å². The van der Waals surface area contributed by atoms with Crippen molar-refractivity contribution in [3.8, 4) is 33.9 Å². The van der Waals surface area contributed by atoms with E-state index in [1.54, 1.807) is 29.3 Å². The number of H-pyrrole nitrogens is 1. The van der Waals surface area contributed by atoms with Gasteiger partial charge in [0.25, 0.3) is 11.8 Å². The largest absolute Gasteiger partial charge is 0.340 e. The SMILES string of the molecule is O=C(Nc1ccc(C(=O)N2CCc3[nH]c(-c4ccccn4)nc3-c3ccccc32)cn1)c1ccccc1-c1ccccc1. The quantitative estimate of drug-likeness (QED) is 0.245. The summed E-state index contributed by atoms with van der Waals surface area (Å²) in [5, 5.41) is 2.87. The Bertz CT molecular complexity index is 1940. The highest BCUT2D eigenvalue weighted by molar-refractivity contribution is 6.10. The molecule has 0 radical (unpaired) electrons. The molecule has 43 heavy (non-hydrogen) atoms. The van der Waals surface area contributed by atoms with Crippen molar-refractivity contribution in [2.24, 2.45) is 0 Å². The van der Waals surface area contributed by atoms with Gasteiger partial charge in [-0.1, -0.05) is 72.8 Å². The number of aromatic nitrogens is 4. The number of hydrogen-bond acceptors (Lipinski definition) is 5. The van der Waals surface area contributed by atoms with Crippen LogP contribution in [-0.2, 0) is 6.42 Å². The molecule has 208 valence electrons. The number of fused-ring (bicyclic) bond motifs is 3. The van der Waals surface area contributed by atoms with E-state index in [-0.39, 0.29) is 11.8 Å². The van der Waals surface area contributed by atoms with Crippen LogP contribution in [0.4, 0.5) is 11.5 Å². The first kappa shape index (κ1) is 26.0. The van der Waals surface area contributed by atoms with Gasteiger partial charge in [0.2, 0.25) is 0 Å². The highest BCUT2D eigenvalue weighted by atomic mass is 16.2. The number of carbonyl (C=O) groups excluding carboxylic acids is 2. The van der Waals surface area contributed by atoms with E-state index in [0.29, 0.717) is 35.7 Å². The van der Waals surface area contributed by atoms with Gasteiger partial charge in [0.05, 0.1) is 16.9 Å². The van der Waals surface area contributed by atoms with Crippen molar-refractivity contribution >= 4 is 23.3 Å². The molecule has 0 atom stereocenters. The van der Waals surface area contributed by atoms with Crippen molar-refractivity contribution in [3.05, 3.63) is 138 Å². The number of imidazole rings is 1. The molecule has 0 saturated carbocycles. The predicted octanol–water partition coefficient (Wildman–Crippen LogP) is 6.66. The van der Waals surface area contributed by atoms with Crippen molar-refractivity contribution < 1.29 is 9.59 Å². The zero-order valence-corrected chi connectivity index (χ0v) is 23.1. The van der Waals surface area contributed by atoms with E-state index in [0.717, 1.165) is 39.5 Å². The minimum Gasteiger partial charge on any atom is -0.340 e. The lowest BCUT2D eigenvalue weighted by Gasteiger charge is -2.23. The Morgan fingerprint density at radius 1 is 0.767 bits per heavy atom. The molecule has 0 unspecified atom stereocenters. The van der Waals surface area contributed by atoms with E-state index < -0.39 is 0 Å². The summed E-state index contributed by atoms with van der Waals surface area (Å²) in [4.78, 5) is 45.9. The summed E-state index contributed by atoms with van der Waals surface area (Å²) in [5.41, 5.74) is 6.94. The maximum Gasteiger partial charge on any atom is 0.259 e. The molecule has 1 aliphatic rings. The summed E-state index contributed by atoms with van der Waals surface area (Å²) in [5.74, 6) is 0.615. The van der Waals surface area contributed by atoms with Crippen LogP contribution in [0.2, 0.25) is 0 Å². The van der Waals surface area contributed by atoms with Gasteiger partial charge in [-0.2, -0.15) is 0 Å². The number of anilines is 2. The Morgan fingerprint density at radius 3 is 2.33 bits per heavy atom. The Morgan fingerprint density at radius 2 is 1.53 bits per heavy atom. The van der Waals surface area contributed by atoms with Gasteiger partial charge in [0, 0.05) is 42.2 Å². The van der Waals surface area contributed by atoms with E-state index in [1.807, 2.05) is 91.0 Å². The van der Waals surface area contributed by atoms with Crippen LogP contribution in [0.15, 0.2) is 122 Å². The number of rotatable bonds is 5. The molecule has 4 heterocycles. The summed E-state index contributed by atoms with van der Waals surface area (Å²) in [6, 6.07) is 34.1. The molecular weight excluding hydrogens is 536 g/mol. The van der Waals surface area contributed by atoms with E-state index in [1.165, 1.54) is 6.20 Å². The maximum atomic E-state index is 13.8. The van der Waals surface area contributed by atoms with Crippen molar-refractivity contribution in [1.82, 2.24) is 19.9 Å². The minimum absolute atomic E-state index is 0.178. The maximum absolute atomic E-state index is 13.8. The summed E-state index contributed by atoms with van der Waals surface area (Å²) in [6.45, 7) is 0.460. The predicted molar refractivity (Wildman–Crippen MR) is 167 cm³/mol. The van der Waals surface area contributed by atoms with Gasteiger partial charge in [-0.3, -0.25) is 14.6 Å². The number of aromatic amines is 1. The van der Waals surface area contributed by atoms with Crippen molar-refractivity contribution in [2.75, 3.05) is 16.8 Å². The number of pyridine rings is 2. The van der Waals surface area contributed by atoms with Crippen molar-refractivity contribution in [3.63, 3.8) is 0 Å². The number of benzene rings is 3. The number of hydrogen-bond donors (Lipinski definition) is 2. The normalized spacial score (nSPS) is 12.1. The Labute approximate surface area is 248 Å². The minimum atomic E-state index is -0.272. The lowest BCUT2D eigenvalue weighted by molar-refractivity contribution is 0.0986. The standard InChI is InChI=1S/C35H26N6O2/c42-34(26-13-5-4-12-25(26)23-10-2-1-3-11-23)39-31-18-17-24(22-37-31)35(43)41-21-19-28-32(27-14-6-7-16-30(27)41)40-33(38-28)29-15-8-9-20-36-29/h1-18,20,22H,19,21H2,(H,38,40)(H,37,39,42). The van der Waals surface area contributed by atoms with Crippen LogP contribution < -0.4 is 10.2 Å². The molecule has 1 aliphatic heterocycles. The Kier molecular flexibility index (Phi) is 6.77. The molecule has 2 N–H and O–H groups in total. The van der Waals surface area contributed by atoms with E-state index in [2.05, 4.69) is 20.3 Å². The van der Waals surface area contributed by atoms with E-state index >= 15 is 0 Å². The zero-order chi connectivity index (χ0) is 29.2. The third kappa shape index (κ3) is 5.06. The molecule has 0 saturated heterocycles. The first-order chi connectivity index (χ1) is 21.2. The molecule has 0 bridgehead atoms. The van der Waals surface area contributed by atoms with E-state index in [9.17, 15) is 9.59 Å². The summed E-state index contributed by atoms with van der Waals surface area (Å²) in [6.07, 6.45) is 3.84. The van der Waals surface area contributed by atoms with Crippen LogP contribution in [0.1, 0.15) is 26.4 Å². The van der Waals surface area contributed by atoms with Gasteiger partial charge in [0.15, 0.2) is 5.82 Å². The van der Waals surface area contributed by atoms with Gasteiger partial charge < -0.3 is 15.2 Å². The van der Waals surface area contributed by atoms with Crippen molar-refractivity contribution in [1.29, 1.82) is 0 Å². The topological polar surface area (TPSA) is 104 Å². The highest BCUT2D eigenvalue weighted by Gasteiger charge is 2.28. The molecule has 0 fully saturated rings. The Hall–Kier alpha value is -5.89. The van der Waals surface area contributed by atoms with Crippen LogP contribution >= 0.6 is 0 Å². The lowest BCUT2D eigenvalue weighted by atomic mass is 9.99.